The first-order valence-corrected chi connectivity index (χ1v) is 11.2. The number of carbonyl (C=O) groups excluding carboxylic acids is 1. The van der Waals surface area contributed by atoms with Gasteiger partial charge in [0.25, 0.3) is 0 Å². The van der Waals surface area contributed by atoms with Gasteiger partial charge < -0.3 is 14.2 Å². The minimum absolute atomic E-state index is 0.138. The highest BCUT2D eigenvalue weighted by Crippen LogP contribution is 2.42. The molecule has 0 radical (unpaired) electrons. The molecule has 3 aromatic rings. The fraction of sp³-hybridized carbons (Fsp3) is 0.192. The number of ketones is 1. The number of Topliss-reactive ketones (excluding diaryl/α,β-unsaturated/α-hetero) is 1. The Morgan fingerprint density at radius 2 is 1.94 bits per heavy atom. The van der Waals surface area contributed by atoms with E-state index in [1.807, 2.05) is 24.3 Å². The molecular formula is C26H22BrNO4. The van der Waals surface area contributed by atoms with Gasteiger partial charge in [0, 0.05) is 23.1 Å². The van der Waals surface area contributed by atoms with Gasteiger partial charge in [0.15, 0.2) is 5.76 Å². The molecule has 0 saturated heterocycles. The zero-order chi connectivity index (χ0) is 22.2. The van der Waals surface area contributed by atoms with Gasteiger partial charge in [-0.2, -0.15) is 0 Å². The summed E-state index contributed by atoms with van der Waals surface area (Å²) >= 11 is 3.47. The first-order valence-electron chi connectivity index (χ1n) is 10.4. The third-order valence-electron chi connectivity index (χ3n) is 5.69. The third kappa shape index (κ3) is 3.92. The monoisotopic (exact) mass is 491 g/mol. The number of ether oxygens (including phenoxy) is 3. The molecule has 0 fully saturated rings. The number of hydrogen-bond acceptors (Lipinski definition) is 5. The molecule has 162 valence electrons. The maximum atomic E-state index is 13.1. The number of fused-ring (bicyclic) bond motifs is 3. The third-order valence-corrected chi connectivity index (χ3v) is 6.18. The van der Waals surface area contributed by atoms with E-state index in [0.717, 1.165) is 27.9 Å². The molecule has 0 N–H and O–H groups in total. The highest BCUT2D eigenvalue weighted by Gasteiger charge is 2.33. The van der Waals surface area contributed by atoms with Crippen LogP contribution in [-0.2, 0) is 13.1 Å². The molecule has 2 aliphatic heterocycles. The molecule has 0 spiro atoms. The smallest absolute Gasteiger partial charge is 0.231 e. The average Bonchev–Trinajstić information content (AvgIpc) is 3.11. The van der Waals surface area contributed by atoms with Crippen LogP contribution in [-0.4, -0.2) is 24.5 Å². The number of benzene rings is 3. The van der Waals surface area contributed by atoms with Crippen molar-refractivity contribution in [1.82, 2.24) is 4.90 Å². The average molecular weight is 492 g/mol. The van der Waals surface area contributed by atoms with Gasteiger partial charge in [-0.15, -0.1) is 0 Å². The van der Waals surface area contributed by atoms with E-state index >= 15 is 0 Å². The van der Waals surface area contributed by atoms with Crippen LogP contribution in [0.2, 0.25) is 0 Å². The molecule has 0 saturated carbocycles. The molecule has 0 aromatic heterocycles. The topological polar surface area (TPSA) is 48.0 Å². The normalized spacial score (nSPS) is 16.3. The molecule has 0 unspecified atom stereocenters. The van der Waals surface area contributed by atoms with Crippen molar-refractivity contribution in [3.63, 3.8) is 0 Å². The van der Waals surface area contributed by atoms with E-state index in [-0.39, 0.29) is 11.5 Å². The summed E-state index contributed by atoms with van der Waals surface area (Å²) in [5, 5.41) is 0. The molecule has 0 atom stereocenters. The van der Waals surface area contributed by atoms with Crippen molar-refractivity contribution >= 4 is 27.8 Å². The summed E-state index contributed by atoms with van der Waals surface area (Å²) in [5.41, 5.74) is 4.68. The quantitative estimate of drug-likeness (QED) is 0.435. The van der Waals surface area contributed by atoms with E-state index in [9.17, 15) is 4.79 Å². The van der Waals surface area contributed by atoms with Crippen molar-refractivity contribution in [3.05, 3.63) is 92.6 Å². The Bertz CT molecular complexity index is 1230. The minimum atomic E-state index is -0.138. The Morgan fingerprint density at radius 1 is 1.12 bits per heavy atom. The van der Waals surface area contributed by atoms with Gasteiger partial charge in [-0.3, -0.25) is 9.69 Å². The van der Waals surface area contributed by atoms with Gasteiger partial charge in [-0.05, 0) is 48.9 Å². The maximum absolute atomic E-state index is 13.1. The molecule has 0 aliphatic carbocycles. The van der Waals surface area contributed by atoms with Gasteiger partial charge >= 0.3 is 0 Å². The van der Waals surface area contributed by atoms with Crippen LogP contribution in [0, 0.1) is 6.92 Å². The lowest BCUT2D eigenvalue weighted by Gasteiger charge is -2.29. The van der Waals surface area contributed by atoms with Crippen LogP contribution < -0.4 is 14.2 Å². The van der Waals surface area contributed by atoms with E-state index in [0.29, 0.717) is 30.3 Å². The minimum Gasteiger partial charge on any atom is -0.496 e. The van der Waals surface area contributed by atoms with Crippen LogP contribution in [0.25, 0.3) is 6.08 Å². The molecule has 5 nitrogen and oxygen atoms in total. The van der Waals surface area contributed by atoms with Gasteiger partial charge in [0.1, 0.15) is 24.0 Å². The Balaban J connectivity index is 1.44. The van der Waals surface area contributed by atoms with E-state index in [2.05, 4.69) is 52.0 Å². The lowest BCUT2D eigenvalue weighted by Crippen LogP contribution is -2.31. The second kappa shape index (κ2) is 8.45. The van der Waals surface area contributed by atoms with Crippen LogP contribution in [0.3, 0.4) is 0 Å². The Morgan fingerprint density at radius 3 is 2.72 bits per heavy atom. The fourth-order valence-electron chi connectivity index (χ4n) is 4.02. The van der Waals surface area contributed by atoms with Gasteiger partial charge in [-0.1, -0.05) is 45.8 Å². The number of rotatable bonds is 4. The molecule has 32 heavy (non-hydrogen) atoms. The number of methoxy groups -OCH3 is 1. The van der Waals surface area contributed by atoms with Crippen molar-refractivity contribution in [3.8, 4) is 17.2 Å². The first kappa shape index (κ1) is 20.8. The summed E-state index contributed by atoms with van der Waals surface area (Å²) in [6, 6.07) is 17.8. The maximum Gasteiger partial charge on any atom is 0.231 e. The van der Waals surface area contributed by atoms with Crippen LogP contribution in [0.1, 0.15) is 32.6 Å². The molecule has 0 amide bonds. The van der Waals surface area contributed by atoms with Gasteiger partial charge in [-0.25, -0.2) is 0 Å². The predicted molar refractivity (Wildman–Crippen MR) is 126 cm³/mol. The second-order valence-corrected chi connectivity index (χ2v) is 8.91. The van der Waals surface area contributed by atoms with Crippen molar-refractivity contribution in [2.24, 2.45) is 0 Å². The summed E-state index contributed by atoms with van der Waals surface area (Å²) in [6.07, 6.45) is 1.73. The number of nitrogens with zero attached hydrogens (tertiary/aromatic N) is 1. The highest BCUT2D eigenvalue weighted by atomic mass is 79.9. The van der Waals surface area contributed by atoms with E-state index in [4.69, 9.17) is 14.2 Å². The summed E-state index contributed by atoms with van der Waals surface area (Å²) in [6.45, 7) is 3.98. The van der Waals surface area contributed by atoms with E-state index in [1.165, 1.54) is 11.1 Å². The lowest BCUT2D eigenvalue weighted by molar-refractivity contribution is 0.0873. The van der Waals surface area contributed by atoms with Crippen molar-refractivity contribution in [1.29, 1.82) is 0 Å². The van der Waals surface area contributed by atoms with Crippen molar-refractivity contribution in [2.45, 2.75) is 20.0 Å². The largest absolute Gasteiger partial charge is 0.496 e. The van der Waals surface area contributed by atoms with Crippen LogP contribution in [0.4, 0.5) is 0 Å². The summed E-state index contributed by atoms with van der Waals surface area (Å²) in [5.74, 6) is 2.16. The molecule has 2 heterocycles. The Labute approximate surface area is 195 Å². The molecule has 5 rings (SSSR count). The molecular weight excluding hydrogens is 470 g/mol. The highest BCUT2D eigenvalue weighted by molar-refractivity contribution is 9.10. The first-order chi connectivity index (χ1) is 15.5. The zero-order valence-corrected chi connectivity index (χ0v) is 19.4. The zero-order valence-electron chi connectivity index (χ0n) is 17.9. The Kier molecular flexibility index (Phi) is 5.49. The molecule has 6 heteroatoms. The van der Waals surface area contributed by atoms with Crippen molar-refractivity contribution < 1.29 is 19.0 Å². The molecule has 0 bridgehead atoms. The van der Waals surface area contributed by atoms with Gasteiger partial charge in [0.2, 0.25) is 5.78 Å². The van der Waals surface area contributed by atoms with Crippen LogP contribution >= 0.6 is 15.9 Å². The van der Waals surface area contributed by atoms with Gasteiger partial charge in [0.05, 0.1) is 18.2 Å². The summed E-state index contributed by atoms with van der Waals surface area (Å²) < 4.78 is 18.4. The fourth-order valence-corrected chi connectivity index (χ4v) is 4.40. The van der Waals surface area contributed by atoms with Crippen molar-refractivity contribution in [2.75, 3.05) is 13.8 Å². The summed E-state index contributed by atoms with van der Waals surface area (Å²) in [4.78, 5) is 15.3. The number of aryl methyl sites for hydroxylation is 1. The second-order valence-electron chi connectivity index (χ2n) is 7.99. The number of allylic oxidation sites excluding steroid dienone is 1. The van der Waals surface area contributed by atoms with Crippen LogP contribution in [0.15, 0.2) is 64.8 Å². The lowest BCUT2D eigenvalue weighted by atomic mass is 10.0. The summed E-state index contributed by atoms with van der Waals surface area (Å²) in [7, 11) is 1.60. The van der Waals surface area contributed by atoms with E-state index in [1.54, 1.807) is 19.3 Å². The predicted octanol–water partition coefficient (Wildman–Crippen LogP) is 5.73. The SMILES string of the molecule is COc1ccc(Br)cc1/C=C1\Oc2c(ccc3c2CN(Cc2ccc(C)cc2)CO3)C1=O. The number of carbonyl (C=O) groups is 1. The Hall–Kier alpha value is -3.09. The molecule has 3 aromatic carbocycles. The standard InChI is InChI=1S/C26H22BrNO4/c1-16-3-5-17(6-4-16)13-28-14-21-23(31-15-28)10-8-20-25(29)24(32-26(20)21)12-18-11-19(27)7-9-22(18)30-2/h3-12H,13-15H2,1-2H3/b24-12-. The van der Waals surface area contributed by atoms with E-state index < -0.39 is 0 Å². The number of halogens is 1. The number of hydrogen-bond donors (Lipinski definition) is 0. The van der Waals surface area contributed by atoms with Crippen LogP contribution in [0.5, 0.6) is 17.2 Å². The molecule has 2 aliphatic rings.